The zero-order valence-electron chi connectivity index (χ0n) is 11.1. The molecule has 0 saturated carbocycles. The molecule has 0 atom stereocenters. The van der Waals surface area contributed by atoms with Gasteiger partial charge in [-0.15, -0.1) is 0 Å². The van der Waals surface area contributed by atoms with Crippen molar-refractivity contribution in [3.8, 4) is 0 Å². The van der Waals surface area contributed by atoms with E-state index in [1.165, 1.54) is 5.56 Å². The maximum absolute atomic E-state index is 11.5. The number of hydrogen-bond donors (Lipinski definition) is 2. The first kappa shape index (κ1) is 13.7. The van der Waals surface area contributed by atoms with Gasteiger partial charge in [0.05, 0.1) is 5.69 Å². The summed E-state index contributed by atoms with van der Waals surface area (Å²) in [7, 11) is 0. The fourth-order valence-electron chi connectivity index (χ4n) is 1.78. The van der Waals surface area contributed by atoms with Crippen LogP contribution >= 0.6 is 0 Å². The fraction of sp³-hybridized carbons (Fsp3) is 0.667. The Bertz CT molecular complexity index is 384. The highest BCUT2D eigenvalue weighted by Gasteiger charge is 2.12. The average Bonchev–Trinajstić information content (AvgIpc) is 2.52. The van der Waals surface area contributed by atoms with Crippen molar-refractivity contribution in [2.45, 2.75) is 40.8 Å². The second kappa shape index (κ2) is 6.39. The molecule has 0 aromatic carbocycles. The van der Waals surface area contributed by atoms with Gasteiger partial charge >= 0.3 is 0 Å². The number of amides is 1. The van der Waals surface area contributed by atoms with Crippen molar-refractivity contribution in [2.75, 3.05) is 13.1 Å². The quantitative estimate of drug-likeness (QED) is 0.768. The molecule has 0 radical (unpaired) electrons. The molecule has 0 fully saturated rings. The summed E-state index contributed by atoms with van der Waals surface area (Å²) in [4.78, 5) is 11.5. The first-order chi connectivity index (χ1) is 8.10. The van der Waals surface area contributed by atoms with Crippen molar-refractivity contribution in [1.82, 2.24) is 20.4 Å². The Morgan fingerprint density at radius 3 is 2.59 bits per heavy atom. The van der Waals surface area contributed by atoms with Gasteiger partial charge in [0.1, 0.15) is 6.54 Å². The summed E-state index contributed by atoms with van der Waals surface area (Å²) in [5.74, 6) is 0.00750. The normalized spacial score (nSPS) is 10.6. The summed E-state index contributed by atoms with van der Waals surface area (Å²) in [6.07, 6.45) is 0. The molecule has 1 aromatic heterocycles. The molecule has 0 bridgehead atoms. The maximum atomic E-state index is 11.5. The summed E-state index contributed by atoms with van der Waals surface area (Å²) in [5, 5.41) is 10.5. The van der Waals surface area contributed by atoms with Gasteiger partial charge in [0, 0.05) is 24.3 Å². The van der Waals surface area contributed by atoms with Crippen LogP contribution in [0.5, 0.6) is 0 Å². The van der Waals surface area contributed by atoms with E-state index in [4.69, 9.17) is 0 Å². The Morgan fingerprint density at radius 2 is 2.00 bits per heavy atom. The monoisotopic (exact) mass is 238 g/mol. The second-order valence-corrected chi connectivity index (χ2v) is 4.04. The third kappa shape index (κ3) is 3.56. The third-order valence-electron chi connectivity index (χ3n) is 2.75. The van der Waals surface area contributed by atoms with Gasteiger partial charge in [0.15, 0.2) is 0 Å². The molecule has 0 unspecified atom stereocenters. The Kier molecular flexibility index (Phi) is 5.15. The van der Waals surface area contributed by atoms with Gasteiger partial charge in [0.2, 0.25) is 5.91 Å². The van der Waals surface area contributed by atoms with Crippen LogP contribution in [0.2, 0.25) is 0 Å². The molecule has 96 valence electrons. The van der Waals surface area contributed by atoms with Crippen LogP contribution in [0.15, 0.2) is 0 Å². The Hall–Kier alpha value is -1.36. The van der Waals surface area contributed by atoms with E-state index in [0.717, 1.165) is 24.5 Å². The largest absolute Gasteiger partial charge is 0.355 e. The van der Waals surface area contributed by atoms with E-state index in [0.29, 0.717) is 13.1 Å². The van der Waals surface area contributed by atoms with Crippen molar-refractivity contribution >= 4 is 5.91 Å². The number of carbonyl (C=O) groups is 1. The number of hydrogen-bond acceptors (Lipinski definition) is 3. The van der Waals surface area contributed by atoms with Crippen LogP contribution in [0.3, 0.4) is 0 Å². The zero-order chi connectivity index (χ0) is 12.8. The molecule has 0 aliphatic carbocycles. The smallest absolute Gasteiger partial charge is 0.241 e. The minimum Gasteiger partial charge on any atom is -0.355 e. The molecule has 0 saturated heterocycles. The van der Waals surface area contributed by atoms with E-state index >= 15 is 0 Å². The van der Waals surface area contributed by atoms with Crippen molar-refractivity contribution < 1.29 is 4.79 Å². The minimum atomic E-state index is 0.00750. The topological polar surface area (TPSA) is 59.0 Å². The lowest BCUT2D eigenvalue weighted by molar-refractivity contribution is -0.121. The van der Waals surface area contributed by atoms with Crippen LogP contribution in [0.4, 0.5) is 0 Å². The van der Waals surface area contributed by atoms with E-state index in [1.54, 1.807) is 4.68 Å². The molecule has 0 aliphatic rings. The maximum Gasteiger partial charge on any atom is 0.241 e. The number of nitrogens with one attached hydrogen (secondary N) is 2. The van der Waals surface area contributed by atoms with Crippen LogP contribution in [0.1, 0.15) is 30.8 Å². The van der Waals surface area contributed by atoms with Crippen LogP contribution in [-0.2, 0) is 17.9 Å². The molecule has 1 amide bonds. The summed E-state index contributed by atoms with van der Waals surface area (Å²) in [6, 6.07) is 0. The number of carbonyl (C=O) groups excluding carboxylic acids is 1. The van der Waals surface area contributed by atoms with Gasteiger partial charge in [-0.25, -0.2) is 0 Å². The molecular weight excluding hydrogens is 216 g/mol. The number of aromatic nitrogens is 2. The van der Waals surface area contributed by atoms with E-state index in [-0.39, 0.29) is 5.91 Å². The third-order valence-corrected chi connectivity index (χ3v) is 2.75. The summed E-state index contributed by atoms with van der Waals surface area (Å²) in [5.41, 5.74) is 3.25. The predicted octanol–water partition coefficient (Wildman–Crippen LogP) is 0.746. The van der Waals surface area contributed by atoms with Crippen molar-refractivity contribution in [1.29, 1.82) is 0 Å². The second-order valence-electron chi connectivity index (χ2n) is 4.04. The Labute approximate surface area is 103 Å². The van der Waals surface area contributed by atoms with E-state index < -0.39 is 0 Å². The number of rotatable bonds is 6. The van der Waals surface area contributed by atoms with Gasteiger partial charge in [-0.1, -0.05) is 6.92 Å². The lowest BCUT2D eigenvalue weighted by Crippen LogP contribution is -2.28. The number of nitrogens with zero attached hydrogens (tertiary/aromatic N) is 2. The molecule has 0 aliphatic heterocycles. The summed E-state index contributed by atoms with van der Waals surface area (Å²) >= 11 is 0. The first-order valence-electron chi connectivity index (χ1n) is 6.10. The van der Waals surface area contributed by atoms with E-state index in [1.807, 2.05) is 20.8 Å². The van der Waals surface area contributed by atoms with E-state index in [2.05, 4.69) is 22.7 Å². The van der Waals surface area contributed by atoms with Gasteiger partial charge < -0.3 is 10.6 Å². The highest BCUT2D eigenvalue weighted by Crippen LogP contribution is 2.12. The highest BCUT2D eigenvalue weighted by atomic mass is 16.2. The highest BCUT2D eigenvalue weighted by molar-refractivity contribution is 5.75. The molecule has 1 heterocycles. The average molecular weight is 238 g/mol. The Balaban J connectivity index is 2.77. The lowest BCUT2D eigenvalue weighted by Gasteiger charge is -2.06. The SMILES string of the molecule is CCNCc1c(C)nn(CC(=O)NCC)c1C. The lowest BCUT2D eigenvalue weighted by atomic mass is 10.2. The molecule has 0 spiro atoms. The molecule has 5 nitrogen and oxygen atoms in total. The standard InChI is InChI=1S/C12H22N4O/c1-5-13-7-11-9(3)15-16(10(11)4)8-12(17)14-6-2/h13H,5-8H2,1-4H3,(H,14,17). The van der Waals surface area contributed by atoms with Gasteiger partial charge in [-0.2, -0.15) is 5.10 Å². The fourth-order valence-corrected chi connectivity index (χ4v) is 1.78. The molecule has 17 heavy (non-hydrogen) atoms. The van der Waals surface area contributed by atoms with Crippen LogP contribution < -0.4 is 10.6 Å². The van der Waals surface area contributed by atoms with Crippen molar-refractivity contribution in [3.63, 3.8) is 0 Å². The molecule has 1 aromatic rings. The van der Waals surface area contributed by atoms with Crippen LogP contribution in [0, 0.1) is 13.8 Å². The molecule has 5 heteroatoms. The zero-order valence-corrected chi connectivity index (χ0v) is 11.1. The van der Waals surface area contributed by atoms with E-state index in [9.17, 15) is 4.79 Å². The van der Waals surface area contributed by atoms with Gasteiger partial charge in [0.25, 0.3) is 0 Å². The van der Waals surface area contributed by atoms with Crippen LogP contribution in [0.25, 0.3) is 0 Å². The predicted molar refractivity (Wildman–Crippen MR) is 67.8 cm³/mol. The molecule has 1 rings (SSSR count). The summed E-state index contributed by atoms with van der Waals surface area (Å²) in [6.45, 7) is 10.7. The summed E-state index contributed by atoms with van der Waals surface area (Å²) < 4.78 is 1.77. The van der Waals surface area contributed by atoms with Gasteiger partial charge in [-0.05, 0) is 27.3 Å². The molecule has 2 N–H and O–H groups in total. The molecular formula is C12H22N4O. The number of likely N-dealkylation sites (N-methyl/N-ethyl adjacent to an activating group) is 1. The Morgan fingerprint density at radius 1 is 1.29 bits per heavy atom. The van der Waals surface area contributed by atoms with Gasteiger partial charge in [-0.3, -0.25) is 9.48 Å². The van der Waals surface area contributed by atoms with Crippen LogP contribution in [-0.4, -0.2) is 28.8 Å². The first-order valence-corrected chi connectivity index (χ1v) is 6.10. The van der Waals surface area contributed by atoms with Crippen molar-refractivity contribution in [2.24, 2.45) is 0 Å². The minimum absolute atomic E-state index is 0.00750. The van der Waals surface area contributed by atoms with Crippen molar-refractivity contribution in [3.05, 3.63) is 17.0 Å². The number of aryl methyl sites for hydroxylation is 1.